The molecule has 1 N–H and O–H groups in total. The van der Waals surface area contributed by atoms with Crippen molar-refractivity contribution >= 4 is 23.4 Å². The number of likely N-dealkylation sites (tertiary alicyclic amines) is 1. The molecule has 0 aliphatic carbocycles. The first-order valence-corrected chi connectivity index (χ1v) is 10.2. The quantitative estimate of drug-likeness (QED) is 0.620. The highest BCUT2D eigenvalue weighted by atomic mass is 32.2. The maximum atomic E-state index is 12.6. The predicted molar refractivity (Wildman–Crippen MR) is 110 cm³/mol. The highest BCUT2D eigenvalue weighted by Crippen LogP contribution is 2.38. The van der Waals surface area contributed by atoms with E-state index in [0.717, 1.165) is 36.4 Å². The van der Waals surface area contributed by atoms with Crippen LogP contribution in [-0.4, -0.2) is 43.9 Å². The highest BCUT2D eigenvalue weighted by molar-refractivity contribution is 7.99. The van der Waals surface area contributed by atoms with E-state index in [0.29, 0.717) is 22.3 Å². The van der Waals surface area contributed by atoms with Gasteiger partial charge in [-0.2, -0.15) is 8.78 Å². The summed E-state index contributed by atoms with van der Waals surface area (Å²) in [7, 11) is 3.25. The van der Waals surface area contributed by atoms with Crippen molar-refractivity contribution in [3.8, 4) is 11.5 Å². The van der Waals surface area contributed by atoms with Crippen LogP contribution in [0.2, 0.25) is 0 Å². The summed E-state index contributed by atoms with van der Waals surface area (Å²) in [5, 5.41) is 2.84. The maximum absolute atomic E-state index is 12.6. The molecule has 1 unspecified atom stereocenters. The number of benzene rings is 2. The third kappa shape index (κ3) is 5.61. The van der Waals surface area contributed by atoms with Gasteiger partial charge in [-0.05, 0) is 61.9 Å². The van der Waals surface area contributed by atoms with Gasteiger partial charge in [-0.1, -0.05) is 11.8 Å². The standard InChI is InChI=1S/C21H24F2N2O3S/c1-27-15-7-10-19(28-2)17(12-15)18-4-3-11-25(18)13-20(26)24-14-5-8-16(9-6-14)29-21(22)23/h5-10,12,18,21H,3-4,11,13H2,1-2H3,(H,24,26). The van der Waals surface area contributed by atoms with E-state index in [1.807, 2.05) is 18.2 Å². The fourth-order valence-corrected chi connectivity index (χ4v) is 4.07. The van der Waals surface area contributed by atoms with Crippen LogP contribution in [0.25, 0.3) is 0 Å². The molecular weight excluding hydrogens is 398 g/mol. The van der Waals surface area contributed by atoms with Crippen LogP contribution in [0.3, 0.4) is 0 Å². The molecule has 0 saturated carbocycles. The molecule has 1 atom stereocenters. The molecule has 156 valence electrons. The molecule has 0 radical (unpaired) electrons. The van der Waals surface area contributed by atoms with Gasteiger partial charge in [0.2, 0.25) is 5.91 Å². The number of carbonyl (C=O) groups excluding carboxylic acids is 1. The number of hydrogen-bond acceptors (Lipinski definition) is 5. The Labute approximate surface area is 173 Å². The van der Waals surface area contributed by atoms with Gasteiger partial charge in [-0.15, -0.1) is 0 Å². The van der Waals surface area contributed by atoms with Gasteiger partial charge in [0.05, 0.1) is 20.8 Å². The van der Waals surface area contributed by atoms with Crippen molar-refractivity contribution in [2.45, 2.75) is 29.5 Å². The second kappa shape index (κ2) is 9.93. The molecule has 8 heteroatoms. The summed E-state index contributed by atoms with van der Waals surface area (Å²) in [6.45, 7) is 1.04. The van der Waals surface area contributed by atoms with Crippen molar-refractivity contribution in [3.05, 3.63) is 48.0 Å². The van der Waals surface area contributed by atoms with Crippen molar-refractivity contribution in [1.82, 2.24) is 4.90 Å². The Kier molecular flexibility index (Phi) is 7.33. The molecule has 0 spiro atoms. The van der Waals surface area contributed by atoms with Crippen molar-refractivity contribution < 1.29 is 23.0 Å². The Balaban J connectivity index is 1.65. The minimum absolute atomic E-state index is 0.0654. The third-order valence-corrected chi connectivity index (χ3v) is 5.59. The topological polar surface area (TPSA) is 50.8 Å². The molecule has 1 heterocycles. The molecule has 5 nitrogen and oxygen atoms in total. The monoisotopic (exact) mass is 422 g/mol. The molecule has 1 aliphatic heterocycles. The van der Waals surface area contributed by atoms with Crippen LogP contribution in [0.4, 0.5) is 14.5 Å². The predicted octanol–water partition coefficient (Wildman–Crippen LogP) is 4.79. The minimum Gasteiger partial charge on any atom is -0.497 e. The lowest BCUT2D eigenvalue weighted by Crippen LogP contribution is -2.33. The zero-order chi connectivity index (χ0) is 20.8. The van der Waals surface area contributed by atoms with Gasteiger partial charge in [0.25, 0.3) is 5.76 Å². The van der Waals surface area contributed by atoms with Gasteiger partial charge in [0.1, 0.15) is 11.5 Å². The zero-order valence-electron chi connectivity index (χ0n) is 16.4. The molecule has 0 bridgehead atoms. The Morgan fingerprint density at radius 3 is 2.62 bits per heavy atom. The van der Waals surface area contributed by atoms with Gasteiger partial charge in [0.15, 0.2) is 0 Å². The van der Waals surface area contributed by atoms with E-state index < -0.39 is 5.76 Å². The summed E-state index contributed by atoms with van der Waals surface area (Å²) in [5.41, 5.74) is 1.59. The van der Waals surface area contributed by atoms with Crippen LogP contribution < -0.4 is 14.8 Å². The van der Waals surface area contributed by atoms with Crippen molar-refractivity contribution in [2.24, 2.45) is 0 Å². The van der Waals surface area contributed by atoms with Gasteiger partial charge in [-0.3, -0.25) is 9.69 Å². The average Bonchev–Trinajstić information content (AvgIpc) is 3.16. The number of halogens is 2. The van der Waals surface area contributed by atoms with E-state index in [4.69, 9.17) is 9.47 Å². The first-order chi connectivity index (χ1) is 14.0. The fraction of sp³-hybridized carbons (Fsp3) is 0.381. The lowest BCUT2D eigenvalue weighted by molar-refractivity contribution is -0.117. The van der Waals surface area contributed by atoms with E-state index in [1.165, 1.54) is 0 Å². The number of nitrogens with zero attached hydrogens (tertiary/aromatic N) is 1. The lowest BCUT2D eigenvalue weighted by Gasteiger charge is -2.26. The zero-order valence-corrected chi connectivity index (χ0v) is 17.2. The molecule has 1 fully saturated rings. The lowest BCUT2D eigenvalue weighted by atomic mass is 10.0. The molecule has 2 aromatic carbocycles. The number of carbonyl (C=O) groups is 1. The van der Waals surface area contributed by atoms with E-state index in [1.54, 1.807) is 38.5 Å². The Morgan fingerprint density at radius 1 is 1.21 bits per heavy atom. The number of amides is 1. The van der Waals surface area contributed by atoms with Crippen LogP contribution in [0.1, 0.15) is 24.4 Å². The third-order valence-electron chi connectivity index (χ3n) is 4.87. The van der Waals surface area contributed by atoms with E-state index >= 15 is 0 Å². The number of ether oxygens (including phenoxy) is 2. The molecule has 29 heavy (non-hydrogen) atoms. The van der Waals surface area contributed by atoms with Crippen LogP contribution in [0.15, 0.2) is 47.4 Å². The summed E-state index contributed by atoms with van der Waals surface area (Å²) in [5.74, 6) is -1.08. The van der Waals surface area contributed by atoms with E-state index in [9.17, 15) is 13.6 Å². The number of methoxy groups -OCH3 is 2. The number of thioether (sulfide) groups is 1. The number of nitrogens with one attached hydrogen (secondary N) is 1. The number of rotatable bonds is 8. The van der Waals surface area contributed by atoms with E-state index in [-0.39, 0.29) is 18.5 Å². The summed E-state index contributed by atoms with van der Waals surface area (Å²) < 4.78 is 35.7. The minimum atomic E-state index is -2.46. The second-order valence-electron chi connectivity index (χ2n) is 6.69. The van der Waals surface area contributed by atoms with Crippen LogP contribution >= 0.6 is 11.8 Å². The Morgan fingerprint density at radius 2 is 1.97 bits per heavy atom. The van der Waals surface area contributed by atoms with Gasteiger partial charge in [0, 0.05) is 22.2 Å². The summed E-state index contributed by atoms with van der Waals surface area (Å²) in [6, 6.07) is 12.2. The van der Waals surface area contributed by atoms with Crippen LogP contribution in [-0.2, 0) is 4.79 Å². The van der Waals surface area contributed by atoms with E-state index in [2.05, 4.69) is 10.2 Å². The van der Waals surface area contributed by atoms with Crippen molar-refractivity contribution in [3.63, 3.8) is 0 Å². The second-order valence-corrected chi connectivity index (χ2v) is 7.75. The van der Waals surface area contributed by atoms with Gasteiger partial charge in [-0.25, -0.2) is 0 Å². The normalized spacial score (nSPS) is 16.8. The highest BCUT2D eigenvalue weighted by Gasteiger charge is 2.30. The van der Waals surface area contributed by atoms with Gasteiger partial charge < -0.3 is 14.8 Å². The average molecular weight is 422 g/mol. The number of alkyl halides is 2. The summed E-state index contributed by atoms with van der Waals surface area (Å²) >= 11 is 0.480. The largest absolute Gasteiger partial charge is 0.497 e. The Bertz CT molecular complexity index is 833. The molecule has 1 saturated heterocycles. The maximum Gasteiger partial charge on any atom is 0.288 e. The molecule has 1 amide bonds. The molecule has 1 aliphatic rings. The first kappa shape index (κ1) is 21.4. The van der Waals surface area contributed by atoms with Crippen molar-refractivity contribution in [1.29, 1.82) is 0 Å². The molecular formula is C21H24F2N2O3S. The Hall–Kier alpha value is -2.32. The van der Waals surface area contributed by atoms with Crippen molar-refractivity contribution in [2.75, 3.05) is 32.6 Å². The van der Waals surface area contributed by atoms with Crippen LogP contribution in [0, 0.1) is 0 Å². The first-order valence-electron chi connectivity index (χ1n) is 9.31. The molecule has 2 aromatic rings. The number of hydrogen-bond donors (Lipinski definition) is 1. The smallest absolute Gasteiger partial charge is 0.288 e. The SMILES string of the molecule is COc1ccc(OC)c(C2CCCN2CC(=O)Nc2ccc(SC(F)F)cc2)c1. The van der Waals surface area contributed by atoms with Crippen LogP contribution in [0.5, 0.6) is 11.5 Å². The number of anilines is 1. The fourth-order valence-electron chi connectivity index (χ4n) is 3.57. The van der Waals surface area contributed by atoms with Gasteiger partial charge >= 0.3 is 0 Å². The molecule has 0 aromatic heterocycles. The summed E-state index contributed by atoms with van der Waals surface area (Å²) in [4.78, 5) is 15.1. The molecule has 3 rings (SSSR count). The summed E-state index contributed by atoms with van der Waals surface area (Å²) in [6.07, 6.45) is 1.91.